The minimum absolute atomic E-state index is 0.0783. The van der Waals surface area contributed by atoms with E-state index >= 15 is 0 Å². The van der Waals surface area contributed by atoms with Crippen molar-refractivity contribution in [3.63, 3.8) is 0 Å². The number of sulfonamides is 1. The summed E-state index contributed by atoms with van der Waals surface area (Å²) in [6.07, 6.45) is 3.27. The molecule has 1 heterocycles. The standard InChI is InChI=1S/C10H13BrN2O4S/c1-17-10(14)3-2-6-18(15,16)13-9-4-5-12-7-8(9)11/h4-5,7H,2-3,6H2,1H3,(H,12,13). The largest absolute Gasteiger partial charge is 0.469 e. The van der Waals surface area contributed by atoms with Crippen molar-refractivity contribution < 1.29 is 17.9 Å². The molecule has 0 radical (unpaired) electrons. The van der Waals surface area contributed by atoms with Gasteiger partial charge in [-0.2, -0.15) is 0 Å². The molecule has 0 saturated heterocycles. The number of aromatic nitrogens is 1. The summed E-state index contributed by atoms with van der Waals surface area (Å²) >= 11 is 3.19. The van der Waals surface area contributed by atoms with Gasteiger partial charge < -0.3 is 4.74 Å². The quantitative estimate of drug-likeness (QED) is 0.796. The van der Waals surface area contributed by atoms with Crippen LogP contribution in [0.5, 0.6) is 0 Å². The first kappa shape index (κ1) is 14.9. The van der Waals surface area contributed by atoms with Crippen LogP contribution in [0.4, 0.5) is 5.69 Å². The zero-order chi connectivity index (χ0) is 13.6. The average molecular weight is 337 g/mol. The minimum Gasteiger partial charge on any atom is -0.469 e. The molecule has 0 bridgehead atoms. The summed E-state index contributed by atoms with van der Waals surface area (Å²) in [6.45, 7) is 0. The Morgan fingerprint density at radius 3 is 2.89 bits per heavy atom. The maximum Gasteiger partial charge on any atom is 0.305 e. The van der Waals surface area contributed by atoms with Crippen LogP contribution in [-0.2, 0) is 19.6 Å². The molecule has 0 spiro atoms. The number of anilines is 1. The van der Waals surface area contributed by atoms with Gasteiger partial charge in [-0.05, 0) is 28.4 Å². The second-order valence-electron chi connectivity index (χ2n) is 3.46. The summed E-state index contributed by atoms with van der Waals surface area (Å²) in [7, 11) is -2.21. The average Bonchev–Trinajstić information content (AvgIpc) is 2.31. The van der Waals surface area contributed by atoms with Crippen molar-refractivity contribution in [1.29, 1.82) is 0 Å². The lowest BCUT2D eigenvalue weighted by atomic mass is 10.3. The van der Waals surface area contributed by atoms with Crippen molar-refractivity contribution in [2.45, 2.75) is 12.8 Å². The van der Waals surface area contributed by atoms with Crippen LogP contribution in [0.3, 0.4) is 0 Å². The van der Waals surface area contributed by atoms with Gasteiger partial charge in [0.2, 0.25) is 10.0 Å². The lowest BCUT2D eigenvalue weighted by Crippen LogP contribution is -2.18. The molecule has 0 saturated carbocycles. The minimum atomic E-state index is -3.48. The maximum absolute atomic E-state index is 11.7. The predicted molar refractivity (Wildman–Crippen MR) is 70.6 cm³/mol. The third-order valence-corrected chi connectivity index (χ3v) is 4.05. The SMILES string of the molecule is COC(=O)CCCS(=O)(=O)Nc1ccncc1Br. The molecule has 18 heavy (non-hydrogen) atoms. The number of hydrogen-bond acceptors (Lipinski definition) is 5. The number of methoxy groups -OCH3 is 1. The van der Waals surface area contributed by atoms with E-state index in [1.54, 1.807) is 6.07 Å². The first-order valence-corrected chi connectivity index (χ1v) is 7.56. The molecule has 0 fully saturated rings. The van der Waals surface area contributed by atoms with E-state index in [1.165, 1.54) is 19.5 Å². The van der Waals surface area contributed by atoms with Crippen molar-refractivity contribution in [3.05, 3.63) is 22.9 Å². The van der Waals surface area contributed by atoms with Crippen LogP contribution in [0.15, 0.2) is 22.9 Å². The van der Waals surface area contributed by atoms with E-state index in [9.17, 15) is 13.2 Å². The third kappa shape index (κ3) is 5.01. The molecule has 0 amide bonds. The fourth-order valence-electron chi connectivity index (χ4n) is 1.19. The number of carbonyl (C=O) groups is 1. The highest BCUT2D eigenvalue weighted by atomic mass is 79.9. The zero-order valence-corrected chi connectivity index (χ0v) is 12.1. The highest BCUT2D eigenvalue weighted by molar-refractivity contribution is 9.10. The van der Waals surface area contributed by atoms with Crippen LogP contribution in [0, 0.1) is 0 Å². The highest BCUT2D eigenvalue weighted by Gasteiger charge is 2.13. The van der Waals surface area contributed by atoms with Gasteiger partial charge in [-0.3, -0.25) is 14.5 Å². The Labute approximate surface area is 114 Å². The van der Waals surface area contributed by atoms with Crippen molar-refractivity contribution in [3.8, 4) is 0 Å². The van der Waals surface area contributed by atoms with Gasteiger partial charge in [0.15, 0.2) is 0 Å². The van der Waals surface area contributed by atoms with Crippen LogP contribution < -0.4 is 4.72 Å². The Morgan fingerprint density at radius 1 is 1.56 bits per heavy atom. The van der Waals surface area contributed by atoms with Gasteiger partial charge in [0.1, 0.15) is 0 Å². The van der Waals surface area contributed by atoms with Gasteiger partial charge in [-0.1, -0.05) is 0 Å². The second-order valence-corrected chi connectivity index (χ2v) is 6.15. The second kappa shape index (κ2) is 6.69. The van der Waals surface area contributed by atoms with E-state index < -0.39 is 16.0 Å². The summed E-state index contributed by atoms with van der Waals surface area (Å²) in [4.78, 5) is 14.7. The lowest BCUT2D eigenvalue weighted by molar-refractivity contribution is -0.140. The summed E-state index contributed by atoms with van der Waals surface area (Å²) in [5.41, 5.74) is 0.420. The Kier molecular flexibility index (Phi) is 5.54. The molecule has 0 aromatic carbocycles. The normalized spacial score (nSPS) is 11.0. The van der Waals surface area contributed by atoms with Crippen LogP contribution >= 0.6 is 15.9 Å². The van der Waals surface area contributed by atoms with Crippen molar-refractivity contribution in [1.82, 2.24) is 4.98 Å². The van der Waals surface area contributed by atoms with E-state index in [1.807, 2.05) is 0 Å². The molecule has 8 heteroatoms. The fourth-order valence-corrected chi connectivity index (χ4v) is 2.81. The van der Waals surface area contributed by atoms with Crippen molar-refractivity contribution >= 4 is 37.6 Å². The predicted octanol–water partition coefficient (Wildman–Crippen LogP) is 1.54. The summed E-state index contributed by atoms with van der Waals surface area (Å²) in [5.74, 6) is -0.563. The monoisotopic (exact) mass is 336 g/mol. The van der Waals surface area contributed by atoms with Gasteiger partial charge in [-0.15, -0.1) is 0 Å². The van der Waals surface area contributed by atoms with E-state index in [-0.39, 0.29) is 18.6 Å². The molecule has 6 nitrogen and oxygen atoms in total. The smallest absolute Gasteiger partial charge is 0.305 e. The van der Waals surface area contributed by atoms with Crippen LogP contribution in [0.1, 0.15) is 12.8 Å². The van der Waals surface area contributed by atoms with Crippen molar-refractivity contribution in [2.24, 2.45) is 0 Å². The van der Waals surface area contributed by atoms with Crippen LogP contribution in [0.2, 0.25) is 0 Å². The van der Waals surface area contributed by atoms with E-state index in [0.717, 1.165) is 0 Å². The van der Waals surface area contributed by atoms with E-state index in [0.29, 0.717) is 10.2 Å². The summed E-state index contributed by atoms with van der Waals surface area (Å²) in [5, 5.41) is 0. The number of hydrogen-bond donors (Lipinski definition) is 1. The Bertz CT molecular complexity index is 518. The molecule has 0 aliphatic heterocycles. The number of nitrogens with zero attached hydrogens (tertiary/aromatic N) is 1. The molecule has 1 rings (SSSR count). The number of nitrogens with one attached hydrogen (secondary N) is 1. The van der Waals surface area contributed by atoms with Gasteiger partial charge >= 0.3 is 5.97 Å². The number of ether oxygens (including phenoxy) is 1. The van der Waals surface area contributed by atoms with E-state index in [2.05, 4.69) is 30.4 Å². The van der Waals surface area contributed by atoms with Crippen molar-refractivity contribution in [2.75, 3.05) is 17.6 Å². The molecule has 100 valence electrons. The van der Waals surface area contributed by atoms with Gasteiger partial charge in [-0.25, -0.2) is 8.42 Å². The van der Waals surface area contributed by atoms with Gasteiger partial charge in [0.05, 0.1) is 23.0 Å². The van der Waals surface area contributed by atoms with Crippen LogP contribution in [0.25, 0.3) is 0 Å². The van der Waals surface area contributed by atoms with Gasteiger partial charge in [0.25, 0.3) is 0 Å². The lowest BCUT2D eigenvalue weighted by Gasteiger charge is -2.08. The Hall–Kier alpha value is -1.15. The number of pyridine rings is 1. The highest BCUT2D eigenvalue weighted by Crippen LogP contribution is 2.21. The Morgan fingerprint density at radius 2 is 2.28 bits per heavy atom. The van der Waals surface area contributed by atoms with E-state index in [4.69, 9.17) is 0 Å². The molecular formula is C10H13BrN2O4S. The molecule has 1 N–H and O–H groups in total. The topological polar surface area (TPSA) is 85.4 Å². The molecule has 1 aromatic heterocycles. The van der Waals surface area contributed by atoms with Gasteiger partial charge in [0, 0.05) is 18.8 Å². The molecule has 0 aliphatic rings. The zero-order valence-electron chi connectivity index (χ0n) is 9.72. The number of esters is 1. The fraction of sp³-hybridized carbons (Fsp3) is 0.400. The third-order valence-electron chi connectivity index (χ3n) is 2.06. The number of rotatable bonds is 6. The molecular weight excluding hydrogens is 324 g/mol. The maximum atomic E-state index is 11.7. The number of halogens is 1. The molecule has 0 unspecified atom stereocenters. The summed E-state index contributed by atoms with van der Waals surface area (Å²) < 4.78 is 30.8. The summed E-state index contributed by atoms with van der Waals surface area (Å²) in [6, 6.07) is 1.54. The Balaban J connectivity index is 2.55. The number of carbonyl (C=O) groups excluding carboxylic acids is 1. The van der Waals surface area contributed by atoms with Crippen LogP contribution in [-0.4, -0.2) is 32.2 Å². The molecule has 0 aliphatic carbocycles. The molecule has 1 aromatic rings. The first-order valence-electron chi connectivity index (χ1n) is 5.11. The first-order chi connectivity index (χ1) is 8.44. The molecule has 0 atom stereocenters.